The Bertz CT molecular complexity index is 559. The van der Waals surface area contributed by atoms with E-state index in [4.69, 9.17) is 14.6 Å². The molecular formula is C14H18O9. The number of carbonyl (C=O) groups excluding carboxylic acids is 1. The second kappa shape index (κ2) is 7.11. The van der Waals surface area contributed by atoms with Crippen LogP contribution in [-0.2, 0) is 9.47 Å². The van der Waals surface area contributed by atoms with Crippen LogP contribution in [0.2, 0.25) is 0 Å². The van der Waals surface area contributed by atoms with E-state index in [9.17, 15) is 25.2 Å². The SMILES string of the molecule is COC(=O)c1ccc(O)c(O[C@H]2O[C@H](CO)[C@@H](O)[C@H](O)[C@H]2O)c1. The molecule has 1 aliphatic rings. The molecule has 9 heteroatoms. The summed E-state index contributed by atoms with van der Waals surface area (Å²) in [6.07, 6.45) is -7.38. The van der Waals surface area contributed by atoms with Crippen molar-refractivity contribution in [3.05, 3.63) is 23.8 Å². The van der Waals surface area contributed by atoms with Crippen molar-refractivity contribution in [2.24, 2.45) is 0 Å². The number of hydrogen-bond acceptors (Lipinski definition) is 9. The zero-order chi connectivity index (χ0) is 17.1. The Morgan fingerprint density at radius 2 is 1.91 bits per heavy atom. The number of phenolic OH excluding ortho intramolecular Hbond substituents is 1. The molecule has 0 saturated carbocycles. The second-order valence-corrected chi connectivity index (χ2v) is 4.99. The lowest BCUT2D eigenvalue weighted by Gasteiger charge is -2.39. The van der Waals surface area contributed by atoms with Crippen LogP contribution in [0.15, 0.2) is 18.2 Å². The van der Waals surface area contributed by atoms with Gasteiger partial charge in [0.1, 0.15) is 24.4 Å². The maximum absolute atomic E-state index is 11.5. The van der Waals surface area contributed by atoms with Gasteiger partial charge in [-0.25, -0.2) is 4.79 Å². The fraction of sp³-hybridized carbons (Fsp3) is 0.500. The molecule has 2 rings (SSSR count). The quantitative estimate of drug-likeness (QED) is 0.410. The minimum absolute atomic E-state index is 0.0879. The van der Waals surface area contributed by atoms with Crippen LogP contribution in [-0.4, -0.2) is 75.9 Å². The van der Waals surface area contributed by atoms with E-state index in [2.05, 4.69) is 4.74 Å². The van der Waals surface area contributed by atoms with Crippen molar-refractivity contribution in [2.45, 2.75) is 30.7 Å². The van der Waals surface area contributed by atoms with Gasteiger partial charge in [-0.05, 0) is 18.2 Å². The number of aliphatic hydroxyl groups is 4. The third-order valence-corrected chi connectivity index (χ3v) is 3.47. The van der Waals surface area contributed by atoms with Crippen LogP contribution in [0, 0.1) is 0 Å². The molecule has 1 aromatic rings. The van der Waals surface area contributed by atoms with E-state index in [-0.39, 0.29) is 17.1 Å². The van der Waals surface area contributed by atoms with Crippen LogP contribution < -0.4 is 4.74 Å². The summed E-state index contributed by atoms with van der Waals surface area (Å²) in [5.74, 6) is -1.20. The Morgan fingerprint density at radius 1 is 1.22 bits per heavy atom. The number of ether oxygens (including phenoxy) is 3. The molecule has 0 aromatic heterocycles. The van der Waals surface area contributed by atoms with E-state index < -0.39 is 43.3 Å². The van der Waals surface area contributed by atoms with E-state index in [0.29, 0.717) is 0 Å². The van der Waals surface area contributed by atoms with Gasteiger partial charge < -0.3 is 39.7 Å². The topological polar surface area (TPSA) is 146 Å². The van der Waals surface area contributed by atoms with E-state index in [1.165, 1.54) is 25.3 Å². The Morgan fingerprint density at radius 3 is 2.52 bits per heavy atom. The highest BCUT2D eigenvalue weighted by Crippen LogP contribution is 2.31. The molecule has 0 amide bonds. The first-order valence-electron chi connectivity index (χ1n) is 6.77. The van der Waals surface area contributed by atoms with Gasteiger partial charge in [-0.3, -0.25) is 0 Å². The number of methoxy groups -OCH3 is 1. The van der Waals surface area contributed by atoms with Crippen LogP contribution in [0.4, 0.5) is 0 Å². The molecule has 128 valence electrons. The van der Waals surface area contributed by atoms with Gasteiger partial charge in [0.25, 0.3) is 0 Å². The summed E-state index contributed by atoms with van der Waals surface area (Å²) in [4.78, 5) is 11.5. The van der Waals surface area contributed by atoms with E-state index in [0.717, 1.165) is 0 Å². The predicted octanol–water partition coefficient (Wildman–Crippen LogP) is -1.64. The number of benzene rings is 1. The summed E-state index contributed by atoms with van der Waals surface area (Å²) < 4.78 is 15.0. The molecule has 1 fully saturated rings. The zero-order valence-electron chi connectivity index (χ0n) is 12.2. The largest absolute Gasteiger partial charge is 0.504 e. The van der Waals surface area contributed by atoms with Crippen LogP contribution in [0.3, 0.4) is 0 Å². The van der Waals surface area contributed by atoms with Gasteiger partial charge in [-0.1, -0.05) is 0 Å². The smallest absolute Gasteiger partial charge is 0.337 e. The minimum Gasteiger partial charge on any atom is -0.504 e. The number of aliphatic hydroxyl groups excluding tert-OH is 4. The highest BCUT2D eigenvalue weighted by Gasteiger charge is 2.44. The molecule has 0 aliphatic carbocycles. The fourth-order valence-electron chi connectivity index (χ4n) is 2.14. The van der Waals surface area contributed by atoms with Crippen molar-refractivity contribution in [1.29, 1.82) is 0 Å². The van der Waals surface area contributed by atoms with Crippen LogP contribution in [0.25, 0.3) is 0 Å². The van der Waals surface area contributed by atoms with Crippen LogP contribution in [0.5, 0.6) is 11.5 Å². The third kappa shape index (κ3) is 3.54. The molecule has 1 aliphatic heterocycles. The molecule has 5 N–H and O–H groups in total. The summed E-state index contributed by atoms with van der Waals surface area (Å²) in [5, 5.41) is 48.1. The Balaban J connectivity index is 2.22. The molecule has 9 nitrogen and oxygen atoms in total. The van der Waals surface area contributed by atoms with Crippen molar-refractivity contribution in [2.75, 3.05) is 13.7 Å². The van der Waals surface area contributed by atoms with Crippen molar-refractivity contribution in [3.63, 3.8) is 0 Å². The van der Waals surface area contributed by atoms with Gasteiger partial charge in [0.2, 0.25) is 6.29 Å². The molecule has 1 saturated heterocycles. The molecule has 23 heavy (non-hydrogen) atoms. The number of phenols is 1. The number of esters is 1. The average Bonchev–Trinajstić information content (AvgIpc) is 2.56. The van der Waals surface area contributed by atoms with Gasteiger partial charge >= 0.3 is 5.97 Å². The monoisotopic (exact) mass is 330 g/mol. The standard InChI is InChI=1S/C14H18O9/c1-21-13(20)6-2-3-7(16)8(4-6)22-14-12(19)11(18)10(17)9(5-15)23-14/h2-4,9-12,14-19H,5H2,1H3/t9-,10-,11+,12-,14+/m1/s1. The maximum Gasteiger partial charge on any atom is 0.337 e. The lowest BCUT2D eigenvalue weighted by atomic mass is 9.99. The summed E-state index contributed by atoms with van der Waals surface area (Å²) in [5.41, 5.74) is 0.0879. The van der Waals surface area contributed by atoms with Crippen molar-refractivity contribution < 1.29 is 44.5 Å². The van der Waals surface area contributed by atoms with Crippen LogP contribution >= 0.6 is 0 Å². The van der Waals surface area contributed by atoms with Gasteiger partial charge in [-0.15, -0.1) is 0 Å². The first-order valence-corrected chi connectivity index (χ1v) is 6.77. The molecule has 1 aromatic carbocycles. The van der Waals surface area contributed by atoms with Gasteiger partial charge in [0.15, 0.2) is 11.5 Å². The average molecular weight is 330 g/mol. The van der Waals surface area contributed by atoms with E-state index in [1.54, 1.807) is 0 Å². The van der Waals surface area contributed by atoms with Gasteiger partial charge in [0.05, 0.1) is 19.3 Å². The molecule has 1 heterocycles. The summed E-state index contributed by atoms with van der Waals surface area (Å²) >= 11 is 0. The minimum atomic E-state index is -1.63. The van der Waals surface area contributed by atoms with Crippen molar-refractivity contribution in [1.82, 2.24) is 0 Å². The molecule has 0 radical (unpaired) electrons. The number of hydrogen-bond donors (Lipinski definition) is 5. The van der Waals surface area contributed by atoms with Crippen molar-refractivity contribution in [3.8, 4) is 11.5 Å². The molecular weight excluding hydrogens is 312 g/mol. The predicted molar refractivity (Wildman–Crippen MR) is 73.8 cm³/mol. The Kier molecular flexibility index (Phi) is 5.39. The number of aromatic hydroxyl groups is 1. The molecule has 5 atom stereocenters. The number of rotatable bonds is 4. The summed E-state index contributed by atoms with van der Waals surface area (Å²) in [7, 11) is 1.19. The molecule has 0 bridgehead atoms. The van der Waals surface area contributed by atoms with Crippen molar-refractivity contribution >= 4 is 5.97 Å². The third-order valence-electron chi connectivity index (χ3n) is 3.47. The first kappa shape index (κ1) is 17.4. The first-order chi connectivity index (χ1) is 10.9. The Labute approximate surface area is 131 Å². The molecule has 0 spiro atoms. The second-order valence-electron chi connectivity index (χ2n) is 4.99. The summed E-state index contributed by atoms with van der Waals surface area (Å²) in [6.45, 7) is -0.612. The van der Waals surface area contributed by atoms with Gasteiger partial charge in [-0.2, -0.15) is 0 Å². The molecule has 0 unspecified atom stereocenters. The number of carbonyl (C=O) groups is 1. The fourth-order valence-corrected chi connectivity index (χ4v) is 2.14. The highest BCUT2D eigenvalue weighted by atomic mass is 16.7. The normalized spacial score (nSPS) is 30.7. The van der Waals surface area contributed by atoms with E-state index in [1.807, 2.05) is 0 Å². The maximum atomic E-state index is 11.5. The lowest BCUT2D eigenvalue weighted by Crippen LogP contribution is -2.60. The van der Waals surface area contributed by atoms with Crippen LogP contribution in [0.1, 0.15) is 10.4 Å². The highest BCUT2D eigenvalue weighted by molar-refractivity contribution is 5.90. The summed E-state index contributed by atoms with van der Waals surface area (Å²) in [6, 6.07) is 3.66. The zero-order valence-corrected chi connectivity index (χ0v) is 12.2. The Hall–Kier alpha value is -1.91. The lowest BCUT2D eigenvalue weighted by molar-refractivity contribution is -0.277. The van der Waals surface area contributed by atoms with E-state index >= 15 is 0 Å². The van der Waals surface area contributed by atoms with Gasteiger partial charge in [0, 0.05) is 0 Å².